The molecule has 0 bridgehead atoms. The highest BCUT2D eigenvalue weighted by atomic mass is 16.6. The summed E-state index contributed by atoms with van der Waals surface area (Å²) in [5.41, 5.74) is -0.479. The van der Waals surface area contributed by atoms with Gasteiger partial charge in [-0.05, 0) is 27.2 Å². The fourth-order valence-corrected chi connectivity index (χ4v) is 1.05. The zero-order chi connectivity index (χ0) is 13.3. The van der Waals surface area contributed by atoms with Crippen molar-refractivity contribution < 1.29 is 9.53 Å². The van der Waals surface area contributed by atoms with Crippen molar-refractivity contribution in [1.29, 1.82) is 0 Å². The minimum atomic E-state index is -0.479. The number of rotatable bonds is 4. The maximum Gasteiger partial charge on any atom is 0.411 e. The van der Waals surface area contributed by atoms with Crippen molar-refractivity contribution >= 4 is 6.09 Å². The third kappa shape index (κ3) is 8.38. The van der Waals surface area contributed by atoms with Crippen LogP contribution in [0.3, 0.4) is 0 Å². The molecule has 0 atom stereocenters. The fraction of sp³-hybridized carbons (Fsp3) is 0.643. The Bertz CT molecular complexity index is 304. The Hall–Kier alpha value is -1.43. The van der Waals surface area contributed by atoms with E-state index in [1.165, 1.54) is 0 Å². The van der Waals surface area contributed by atoms with Crippen molar-refractivity contribution in [3.05, 3.63) is 12.7 Å². The van der Waals surface area contributed by atoms with Crippen LogP contribution in [0.5, 0.6) is 0 Å². The van der Waals surface area contributed by atoms with E-state index in [0.29, 0.717) is 13.1 Å². The van der Waals surface area contributed by atoms with E-state index in [0.717, 1.165) is 12.8 Å². The number of carbonyl (C=O) groups excluding carboxylic acids is 1. The van der Waals surface area contributed by atoms with Crippen LogP contribution in [0, 0.1) is 11.8 Å². The molecule has 0 aliphatic heterocycles. The molecule has 0 saturated heterocycles. The summed E-state index contributed by atoms with van der Waals surface area (Å²) in [6.07, 6.45) is 3.21. The summed E-state index contributed by atoms with van der Waals surface area (Å²) in [7, 11) is 0. The summed E-state index contributed by atoms with van der Waals surface area (Å²) in [5.74, 6) is 5.97. The van der Waals surface area contributed by atoms with Gasteiger partial charge in [0, 0.05) is 13.0 Å². The number of nitrogens with zero attached hydrogens (tertiary/aromatic N) is 1. The van der Waals surface area contributed by atoms with Gasteiger partial charge in [0.15, 0.2) is 0 Å². The van der Waals surface area contributed by atoms with E-state index in [1.807, 2.05) is 20.8 Å². The third-order valence-electron chi connectivity index (χ3n) is 1.77. The molecule has 0 N–H and O–H groups in total. The summed E-state index contributed by atoms with van der Waals surface area (Å²) in [4.78, 5) is 13.3. The summed E-state index contributed by atoms with van der Waals surface area (Å²) in [5, 5.41) is 0. The minimum absolute atomic E-state index is 0.344. The largest absolute Gasteiger partial charge is 0.444 e. The van der Waals surface area contributed by atoms with Crippen LogP contribution in [0.2, 0.25) is 0 Å². The lowest BCUT2D eigenvalue weighted by Gasteiger charge is -2.25. The number of hydrogen-bond acceptors (Lipinski definition) is 2. The SMILES string of the molecule is C=CCN(CC#CCCC)C(=O)OC(C)(C)C. The average Bonchev–Trinajstić information content (AvgIpc) is 2.20. The molecule has 0 unspecified atom stereocenters. The predicted molar refractivity (Wildman–Crippen MR) is 70.7 cm³/mol. The molecule has 3 heteroatoms. The fourth-order valence-electron chi connectivity index (χ4n) is 1.05. The highest BCUT2D eigenvalue weighted by Gasteiger charge is 2.20. The molecular formula is C14H23NO2. The second kappa shape index (κ2) is 7.78. The molecule has 3 nitrogen and oxygen atoms in total. The maximum atomic E-state index is 11.8. The first-order valence-corrected chi connectivity index (χ1v) is 5.95. The molecule has 0 aromatic carbocycles. The summed E-state index contributed by atoms with van der Waals surface area (Å²) in [6, 6.07) is 0. The molecule has 0 spiro atoms. The van der Waals surface area contributed by atoms with E-state index >= 15 is 0 Å². The maximum absolute atomic E-state index is 11.8. The highest BCUT2D eigenvalue weighted by Crippen LogP contribution is 2.09. The van der Waals surface area contributed by atoms with Crippen molar-refractivity contribution in [1.82, 2.24) is 4.90 Å². The molecule has 0 heterocycles. The van der Waals surface area contributed by atoms with Gasteiger partial charge in [0.1, 0.15) is 5.60 Å². The number of amides is 1. The molecule has 0 aliphatic rings. The van der Waals surface area contributed by atoms with Crippen LogP contribution in [0.1, 0.15) is 40.5 Å². The van der Waals surface area contributed by atoms with Gasteiger partial charge in [0.2, 0.25) is 0 Å². The van der Waals surface area contributed by atoms with E-state index < -0.39 is 5.60 Å². The van der Waals surface area contributed by atoms with Crippen molar-refractivity contribution in [3.63, 3.8) is 0 Å². The van der Waals surface area contributed by atoms with Crippen LogP contribution in [0.15, 0.2) is 12.7 Å². The lowest BCUT2D eigenvalue weighted by Crippen LogP contribution is -2.37. The van der Waals surface area contributed by atoms with Crippen LogP contribution < -0.4 is 0 Å². The van der Waals surface area contributed by atoms with Gasteiger partial charge in [-0.15, -0.1) is 12.5 Å². The van der Waals surface area contributed by atoms with Gasteiger partial charge >= 0.3 is 6.09 Å². The topological polar surface area (TPSA) is 29.5 Å². The summed E-state index contributed by atoms with van der Waals surface area (Å²) >= 11 is 0. The smallest absolute Gasteiger partial charge is 0.411 e. The van der Waals surface area contributed by atoms with E-state index in [1.54, 1.807) is 11.0 Å². The Kier molecular flexibility index (Phi) is 7.13. The minimum Gasteiger partial charge on any atom is -0.444 e. The Morgan fingerprint density at radius 3 is 2.53 bits per heavy atom. The van der Waals surface area contributed by atoms with Crippen LogP contribution >= 0.6 is 0 Å². The van der Waals surface area contributed by atoms with E-state index in [9.17, 15) is 4.79 Å². The van der Waals surface area contributed by atoms with Gasteiger partial charge in [0.25, 0.3) is 0 Å². The number of ether oxygens (including phenoxy) is 1. The molecule has 1 amide bonds. The first-order valence-electron chi connectivity index (χ1n) is 5.95. The van der Waals surface area contributed by atoms with Crippen LogP contribution in [-0.4, -0.2) is 29.7 Å². The lowest BCUT2D eigenvalue weighted by molar-refractivity contribution is 0.0296. The normalized spacial score (nSPS) is 10.1. The van der Waals surface area contributed by atoms with E-state index in [4.69, 9.17) is 4.74 Å². The first-order chi connectivity index (χ1) is 7.90. The number of unbranched alkanes of at least 4 members (excludes halogenated alkanes) is 1. The molecule has 96 valence electrons. The van der Waals surface area contributed by atoms with Crippen molar-refractivity contribution in [2.45, 2.75) is 46.1 Å². The number of carbonyl (C=O) groups is 1. The van der Waals surface area contributed by atoms with Crippen LogP contribution in [0.4, 0.5) is 4.79 Å². The molecule has 0 aromatic heterocycles. The Morgan fingerprint density at radius 1 is 1.41 bits per heavy atom. The zero-order valence-corrected chi connectivity index (χ0v) is 11.4. The molecule has 0 radical (unpaired) electrons. The molecule has 0 fully saturated rings. The molecule has 0 saturated carbocycles. The molecule has 17 heavy (non-hydrogen) atoms. The Morgan fingerprint density at radius 2 is 2.06 bits per heavy atom. The summed E-state index contributed by atoms with van der Waals surface area (Å²) < 4.78 is 5.28. The van der Waals surface area contributed by atoms with Crippen LogP contribution in [-0.2, 0) is 4.74 Å². The highest BCUT2D eigenvalue weighted by molar-refractivity contribution is 5.68. The van der Waals surface area contributed by atoms with Gasteiger partial charge in [-0.25, -0.2) is 4.79 Å². The third-order valence-corrected chi connectivity index (χ3v) is 1.77. The van der Waals surface area contributed by atoms with Gasteiger partial charge < -0.3 is 4.74 Å². The molecule has 0 aliphatic carbocycles. The van der Waals surface area contributed by atoms with Gasteiger partial charge in [-0.2, -0.15) is 0 Å². The monoisotopic (exact) mass is 237 g/mol. The molecule has 0 aromatic rings. The standard InChI is InChI=1S/C14H23NO2/c1-6-8-9-10-12-15(11-7-2)13(16)17-14(3,4)5/h7H,2,6,8,11-12H2,1,3-5H3. The molecular weight excluding hydrogens is 214 g/mol. The van der Waals surface area contributed by atoms with E-state index in [-0.39, 0.29) is 6.09 Å². The van der Waals surface area contributed by atoms with Crippen molar-refractivity contribution in [2.24, 2.45) is 0 Å². The second-order valence-electron chi connectivity index (χ2n) is 4.75. The second-order valence-corrected chi connectivity index (χ2v) is 4.75. The first kappa shape index (κ1) is 15.6. The van der Waals surface area contributed by atoms with Gasteiger partial charge in [-0.1, -0.05) is 18.9 Å². The van der Waals surface area contributed by atoms with E-state index in [2.05, 4.69) is 25.3 Å². The summed E-state index contributed by atoms with van der Waals surface area (Å²) in [6.45, 7) is 12.1. The number of hydrogen-bond donors (Lipinski definition) is 0. The van der Waals surface area contributed by atoms with Crippen LogP contribution in [0.25, 0.3) is 0 Å². The Labute approximate surface area is 105 Å². The Balaban J connectivity index is 4.37. The molecule has 0 rings (SSSR count). The zero-order valence-electron chi connectivity index (χ0n) is 11.4. The average molecular weight is 237 g/mol. The van der Waals surface area contributed by atoms with Gasteiger partial charge in [-0.3, -0.25) is 4.90 Å². The quantitative estimate of drug-likeness (QED) is 0.555. The van der Waals surface area contributed by atoms with Crippen molar-refractivity contribution in [3.8, 4) is 11.8 Å². The lowest BCUT2D eigenvalue weighted by atomic mass is 10.2. The van der Waals surface area contributed by atoms with Crippen molar-refractivity contribution in [2.75, 3.05) is 13.1 Å². The predicted octanol–water partition coefficient (Wildman–Crippen LogP) is 3.21. The van der Waals surface area contributed by atoms with Gasteiger partial charge in [0.05, 0.1) is 6.54 Å².